The highest BCUT2D eigenvalue weighted by atomic mass is 16.5. The number of carboxylic acids is 3. The molecule has 2 aromatic rings. The maximum atomic E-state index is 10.3. The van der Waals surface area contributed by atoms with Crippen LogP contribution in [0.15, 0.2) is 48.5 Å². The Morgan fingerprint density at radius 1 is 1.03 bits per heavy atom. The van der Waals surface area contributed by atoms with Crippen molar-refractivity contribution in [2.24, 2.45) is 0 Å². The van der Waals surface area contributed by atoms with Gasteiger partial charge in [-0.15, -0.1) is 0 Å². The van der Waals surface area contributed by atoms with Crippen LogP contribution in [0.1, 0.15) is 36.8 Å². The zero-order chi connectivity index (χ0) is 27.4. The minimum atomic E-state index is -2.74. The van der Waals surface area contributed by atoms with Crippen LogP contribution in [-0.4, -0.2) is 80.3 Å². The Bertz CT molecular complexity index is 1020. The first-order valence-electron chi connectivity index (χ1n) is 11.7. The number of phenols is 1. The van der Waals surface area contributed by atoms with E-state index in [2.05, 4.69) is 29.2 Å². The second-order valence-electron chi connectivity index (χ2n) is 8.76. The largest absolute Gasteiger partial charge is 0.508 e. The van der Waals surface area contributed by atoms with Crippen molar-refractivity contribution in [3.05, 3.63) is 59.7 Å². The number of nitrogens with zero attached hydrogens (tertiary/aromatic N) is 1. The van der Waals surface area contributed by atoms with Gasteiger partial charge in [-0.05, 0) is 36.6 Å². The van der Waals surface area contributed by atoms with E-state index in [0.29, 0.717) is 12.3 Å². The number of benzene rings is 2. The van der Waals surface area contributed by atoms with Crippen molar-refractivity contribution < 1.29 is 49.4 Å². The molecule has 0 aliphatic carbocycles. The van der Waals surface area contributed by atoms with Gasteiger partial charge >= 0.3 is 17.9 Å². The number of aliphatic carboxylic acids is 3. The van der Waals surface area contributed by atoms with Crippen LogP contribution in [0.4, 0.5) is 0 Å². The van der Waals surface area contributed by atoms with E-state index in [9.17, 15) is 19.5 Å². The first-order valence-corrected chi connectivity index (χ1v) is 11.7. The first-order chi connectivity index (χ1) is 17.5. The number of rotatable bonds is 12. The fourth-order valence-electron chi connectivity index (χ4n) is 3.87. The highest BCUT2D eigenvalue weighted by Crippen LogP contribution is 2.26. The summed E-state index contributed by atoms with van der Waals surface area (Å²) < 4.78 is 11.1. The first kappa shape index (κ1) is 29.6. The molecule has 1 aliphatic rings. The number of ether oxygens (including phenoxy) is 2. The van der Waals surface area contributed by atoms with Gasteiger partial charge in [-0.1, -0.05) is 30.3 Å². The second kappa shape index (κ2) is 14.2. The summed E-state index contributed by atoms with van der Waals surface area (Å²) in [5.74, 6) is -3.95. The van der Waals surface area contributed by atoms with Gasteiger partial charge in [0, 0.05) is 31.8 Å². The number of aromatic hydroxyl groups is 1. The lowest BCUT2D eigenvalue weighted by atomic mass is 9.96. The second-order valence-corrected chi connectivity index (χ2v) is 8.76. The van der Waals surface area contributed by atoms with Gasteiger partial charge in [0.25, 0.3) is 0 Å². The maximum absolute atomic E-state index is 10.3. The molecule has 0 amide bonds. The van der Waals surface area contributed by atoms with E-state index in [4.69, 9.17) is 29.9 Å². The van der Waals surface area contributed by atoms with Gasteiger partial charge in [0.1, 0.15) is 11.5 Å². The van der Waals surface area contributed by atoms with Gasteiger partial charge in [0.15, 0.2) is 5.60 Å². The number of aliphatic hydroxyl groups is 1. The van der Waals surface area contributed by atoms with Crippen molar-refractivity contribution in [3.63, 3.8) is 0 Å². The van der Waals surface area contributed by atoms with E-state index < -0.39 is 36.4 Å². The Kier molecular flexibility index (Phi) is 11.3. The van der Waals surface area contributed by atoms with Crippen LogP contribution in [0.25, 0.3) is 0 Å². The monoisotopic (exact) mass is 519 g/mol. The summed E-state index contributed by atoms with van der Waals surface area (Å²) in [5.41, 5.74) is -0.598. The van der Waals surface area contributed by atoms with Crippen LogP contribution in [0.2, 0.25) is 0 Å². The molecular weight excluding hydrogens is 486 g/mol. The molecule has 1 unspecified atom stereocenters. The molecule has 11 nitrogen and oxygen atoms in total. The number of phenolic OH excluding ortho intramolecular Hbond substituents is 1. The molecule has 2 aromatic carbocycles. The number of carboxylic acid groups (broad SMARTS) is 3. The summed E-state index contributed by atoms with van der Waals surface area (Å²) in [5, 5.41) is 44.0. The molecule has 1 fully saturated rings. The molecule has 5 N–H and O–H groups in total. The van der Waals surface area contributed by atoms with Gasteiger partial charge in [0.05, 0.1) is 26.1 Å². The number of hydrogen-bond acceptors (Lipinski definition) is 8. The third-order valence-electron chi connectivity index (χ3n) is 5.70. The van der Waals surface area contributed by atoms with Crippen molar-refractivity contribution in [2.75, 3.05) is 20.3 Å². The highest BCUT2D eigenvalue weighted by molar-refractivity contribution is 5.88. The van der Waals surface area contributed by atoms with E-state index in [0.717, 1.165) is 43.9 Å². The minimum Gasteiger partial charge on any atom is -0.508 e. The van der Waals surface area contributed by atoms with Crippen LogP contribution in [0.3, 0.4) is 0 Å². The predicted molar refractivity (Wildman–Crippen MR) is 131 cm³/mol. The van der Waals surface area contributed by atoms with Gasteiger partial charge in [-0.25, -0.2) is 4.79 Å². The van der Waals surface area contributed by atoms with Gasteiger partial charge < -0.3 is 35.0 Å². The van der Waals surface area contributed by atoms with Crippen LogP contribution >= 0.6 is 0 Å². The topological polar surface area (TPSA) is 174 Å². The summed E-state index contributed by atoms with van der Waals surface area (Å²) in [6.07, 6.45) is 0.230. The smallest absolute Gasteiger partial charge is 0.336 e. The van der Waals surface area contributed by atoms with E-state index in [1.165, 1.54) is 5.56 Å². The Labute approximate surface area is 214 Å². The minimum absolute atomic E-state index is 0.279. The number of hydrogen-bond donors (Lipinski definition) is 5. The molecule has 1 heterocycles. The van der Waals surface area contributed by atoms with Crippen LogP contribution in [0.5, 0.6) is 11.5 Å². The van der Waals surface area contributed by atoms with Crippen LogP contribution < -0.4 is 4.74 Å². The highest BCUT2D eigenvalue weighted by Gasteiger charge is 2.40. The summed E-state index contributed by atoms with van der Waals surface area (Å²) >= 11 is 0. The average Bonchev–Trinajstić information content (AvgIpc) is 3.33. The number of carbonyl (C=O) groups is 3. The summed E-state index contributed by atoms with van der Waals surface area (Å²) in [6, 6.07) is 15.8. The Morgan fingerprint density at radius 2 is 1.68 bits per heavy atom. The lowest BCUT2D eigenvalue weighted by Gasteiger charge is -2.26. The molecule has 1 atom stereocenters. The van der Waals surface area contributed by atoms with Crippen LogP contribution in [0, 0.1) is 0 Å². The van der Waals surface area contributed by atoms with Crippen molar-refractivity contribution in [1.29, 1.82) is 0 Å². The van der Waals surface area contributed by atoms with Gasteiger partial charge in [0.2, 0.25) is 0 Å². The zero-order valence-corrected chi connectivity index (χ0v) is 20.6. The van der Waals surface area contributed by atoms with Gasteiger partial charge in [-0.3, -0.25) is 14.5 Å². The van der Waals surface area contributed by atoms with Crippen molar-refractivity contribution in [3.8, 4) is 11.5 Å². The molecule has 202 valence electrons. The maximum Gasteiger partial charge on any atom is 0.336 e. The van der Waals surface area contributed by atoms with Crippen molar-refractivity contribution in [2.45, 2.75) is 50.5 Å². The molecule has 0 radical (unpaired) electrons. The molecule has 0 bridgehead atoms. The van der Waals surface area contributed by atoms with E-state index in [1.807, 2.05) is 12.1 Å². The Hall–Kier alpha value is -3.67. The quantitative estimate of drug-likeness (QED) is 0.278. The summed E-state index contributed by atoms with van der Waals surface area (Å²) in [7, 11) is 1.64. The number of methoxy groups -OCH3 is 1. The molecule has 11 heteroatoms. The molecule has 0 aromatic heterocycles. The molecule has 1 aliphatic heterocycles. The summed E-state index contributed by atoms with van der Waals surface area (Å²) in [6.45, 7) is 3.22. The molecular formula is C26H33NO10. The lowest BCUT2D eigenvalue weighted by Crippen LogP contribution is -2.42. The molecule has 3 rings (SSSR count). The van der Waals surface area contributed by atoms with Crippen LogP contribution in [-0.2, 0) is 32.2 Å². The van der Waals surface area contributed by atoms with Gasteiger partial charge in [-0.2, -0.15) is 0 Å². The SMILES string of the molecule is COc1ccc(O)c(CN(Cc2ccccc2)CC2CCCO2)c1.O=C(O)CC(O)(CC(=O)O)C(=O)O. The Morgan fingerprint density at radius 3 is 2.19 bits per heavy atom. The molecule has 0 saturated carbocycles. The summed E-state index contributed by atoms with van der Waals surface area (Å²) in [4.78, 5) is 32.8. The molecule has 1 saturated heterocycles. The normalized spacial score (nSPS) is 15.1. The fraction of sp³-hybridized carbons (Fsp3) is 0.423. The third kappa shape index (κ3) is 10.1. The Balaban J connectivity index is 0.000000317. The van der Waals surface area contributed by atoms with E-state index in [-0.39, 0.29) is 6.10 Å². The van der Waals surface area contributed by atoms with Crippen molar-refractivity contribution >= 4 is 17.9 Å². The van der Waals surface area contributed by atoms with Crippen molar-refractivity contribution in [1.82, 2.24) is 4.90 Å². The standard InChI is InChI=1S/C20H25NO3.C6H8O7/c1-23-18-9-10-20(22)17(12-18)14-21(15-19-8-5-11-24-19)13-16-6-3-2-4-7-16;7-3(8)1-6(13,5(11)12)2-4(9)10/h2-4,6-7,9-10,12,19,22H,5,8,11,13-15H2,1H3;13H,1-2H2,(H,7,8)(H,9,10)(H,11,12). The predicted octanol–water partition coefficient (Wildman–Crippen LogP) is 2.33. The van der Waals surface area contributed by atoms with E-state index in [1.54, 1.807) is 19.2 Å². The zero-order valence-electron chi connectivity index (χ0n) is 20.6. The fourth-order valence-corrected chi connectivity index (χ4v) is 3.87. The third-order valence-corrected chi connectivity index (χ3v) is 5.70. The lowest BCUT2D eigenvalue weighted by molar-refractivity contribution is -0.170. The molecule has 0 spiro atoms. The molecule has 37 heavy (non-hydrogen) atoms. The average molecular weight is 520 g/mol. The van der Waals surface area contributed by atoms with E-state index >= 15 is 0 Å².